The van der Waals surface area contributed by atoms with Gasteiger partial charge in [0.1, 0.15) is 0 Å². The van der Waals surface area contributed by atoms with Crippen LogP contribution in [0.3, 0.4) is 0 Å². The smallest absolute Gasteiger partial charge is 0.331 e. The van der Waals surface area contributed by atoms with Crippen LogP contribution in [0.1, 0.15) is 6.92 Å². The van der Waals surface area contributed by atoms with Crippen LogP contribution in [-0.2, 0) is 14.4 Å². The average molecular weight is 351 g/mol. The summed E-state index contributed by atoms with van der Waals surface area (Å²) in [7, 11) is 0. The van der Waals surface area contributed by atoms with Gasteiger partial charge in [-0.05, 0) is 12.1 Å². The van der Waals surface area contributed by atoms with Crippen molar-refractivity contribution in [2.24, 2.45) is 16.3 Å². The molecule has 1 aliphatic rings. The van der Waals surface area contributed by atoms with Crippen LogP contribution in [0.2, 0.25) is 0 Å². The van der Waals surface area contributed by atoms with Crippen molar-refractivity contribution in [3.63, 3.8) is 0 Å². The number of carboxylic acid groups (broad SMARTS) is 2. The van der Waals surface area contributed by atoms with Crippen LogP contribution < -0.4 is 0 Å². The maximum atomic E-state index is 12.9. The van der Waals surface area contributed by atoms with E-state index in [0.29, 0.717) is 5.69 Å². The molecule has 1 aromatic rings. The molecule has 0 heterocycles. The summed E-state index contributed by atoms with van der Waals surface area (Å²) in [5.74, 6) is -4.39. The van der Waals surface area contributed by atoms with Gasteiger partial charge in [0.25, 0.3) is 6.43 Å². The summed E-state index contributed by atoms with van der Waals surface area (Å²) in [6.07, 6.45) is 1.32. The quantitative estimate of drug-likeness (QED) is 0.640. The van der Waals surface area contributed by atoms with Gasteiger partial charge in [-0.25, -0.2) is 18.4 Å². The highest BCUT2D eigenvalue weighted by atomic mass is 19.3. The zero-order chi connectivity index (χ0) is 19.0. The van der Waals surface area contributed by atoms with Gasteiger partial charge in [-0.1, -0.05) is 43.4 Å². The van der Waals surface area contributed by atoms with Crippen molar-refractivity contribution in [1.29, 1.82) is 0 Å². The second-order valence-electron chi connectivity index (χ2n) is 5.09. The molecule has 2 unspecified atom stereocenters. The van der Waals surface area contributed by atoms with Crippen LogP contribution in [0.4, 0.5) is 14.5 Å². The molecule has 6 nitrogen and oxygen atoms in total. The second kappa shape index (κ2) is 8.65. The number of rotatable bonds is 4. The summed E-state index contributed by atoms with van der Waals surface area (Å²) in [5.41, 5.74) is -2.14. The topological polar surface area (TPSA) is 104 Å². The van der Waals surface area contributed by atoms with E-state index in [2.05, 4.69) is 4.99 Å². The van der Waals surface area contributed by atoms with Crippen LogP contribution in [0, 0.1) is 11.3 Å². The van der Waals surface area contributed by atoms with Crippen LogP contribution in [0.25, 0.3) is 0 Å². The zero-order valence-electron chi connectivity index (χ0n) is 13.1. The Balaban J connectivity index is 0.000000293. The summed E-state index contributed by atoms with van der Waals surface area (Å²) in [6.45, 7) is 1.17. The van der Waals surface area contributed by atoms with Gasteiger partial charge in [0, 0.05) is 11.5 Å². The van der Waals surface area contributed by atoms with Crippen LogP contribution in [0.15, 0.2) is 59.1 Å². The number of nitrogens with zero attached hydrogens (tertiary/aromatic N) is 1. The molecule has 0 amide bonds. The molecule has 0 aliphatic heterocycles. The molecule has 2 rings (SSSR count). The summed E-state index contributed by atoms with van der Waals surface area (Å²) < 4.78 is 25.7. The van der Waals surface area contributed by atoms with Crippen molar-refractivity contribution in [2.45, 2.75) is 13.3 Å². The second-order valence-corrected chi connectivity index (χ2v) is 5.09. The SMILES string of the molecule is CC1C(C(=O)O)=CC=CC1(C(=O)O)C(F)F.O=C=Nc1ccccc1. The Hall–Kier alpha value is -3.12. The number of carbonyl (C=O) groups is 2. The van der Waals surface area contributed by atoms with Crippen molar-refractivity contribution in [1.82, 2.24) is 0 Å². The largest absolute Gasteiger partial charge is 0.480 e. The van der Waals surface area contributed by atoms with E-state index >= 15 is 0 Å². The Kier molecular flexibility index (Phi) is 6.90. The molecular formula is C17H15F2NO5. The lowest BCUT2D eigenvalue weighted by Gasteiger charge is -2.33. The maximum absolute atomic E-state index is 12.9. The molecule has 0 spiro atoms. The highest BCUT2D eigenvalue weighted by Gasteiger charge is 2.53. The Morgan fingerprint density at radius 3 is 2.28 bits per heavy atom. The molecule has 0 bridgehead atoms. The van der Waals surface area contributed by atoms with Crippen LogP contribution in [-0.4, -0.2) is 34.7 Å². The molecule has 0 fully saturated rings. The Labute approximate surface area is 141 Å². The predicted octanol–water partition coefficient (Wildman–Crippen LogP) is 3.19. The normalized spacial score (nSPS) is 21.4. The van der Waals surface area contributed by atoms with Crippen molar-refractivity contribution in [3.05, 3.63) is 54.1 Å². The minimum absolute atomic E-state index is 0.329. The molecule has 1 aliphatic carbocycles. The monoisotopic (exact) mass is 351 g/mol. The van der Waals surface area contributed by atoms with Gasteiger partial charge in [0.05, 0.1) is 5.69 Å². The maximum Gasteiger partial charge on any atom is 0.331 e. The summed E-state index contributed by atoms with van der Waals surface area (Å²) in [4.78, 5) is 34.8. The van der Waals surface area contributed by atoms with Crippen LogP contribution >= 0.6 is 0 Å². The fourth-order valence-corrected chi connectivity index (χ4v) is 2.28. The number of halogens is 2. The van der Waals surface area contributed by atoms with Gasteiger partial charge in [-0.2, -0.15) is 4.99 Å². The number of isocyanates is 1. The number of allylic oxidation sites excluding steroid dienone is 2. The van der Waals surface area contributed by atoms with E-state index in [9.17, 15) is 23.2 Å². The lowest BCUT2D eigenvalue weighted by Crippen LogP contribution is -2.45. The first kappa shape index (κ1) is 19.9. The fraction of sp³-hybridized carbons (Fsp3) is 0.235. The molecule has 0 saturated carbocycles. The molecule has 2 atom stereocenters. The van der Waals surface area contributed by atoms with E-state index in [0.717, 1.165) is 18.2 Å². The number of carboxylic acids is 2. The van der Waals surface area contributed by atoms with Gasteiger partial charge >= 0.3 is 11.9 Å². The third-order valence-corrected chi connectivity index (χ3v) is 3.74. The minimum atomic E-state index is -3.17. The van der Waals surface area contributed by atoms with Crippen molar-refractivity contribution in [3.8, 4) is 0 Å². The zero-order valence-corrected chi connectivity index (χ0v) is 13.1. The standard InChI is InChI=1S/C10H10F2O4.C7H5NO/c1-5-6(7(13)14)3-2-4-10(5,8(11)12)9(15)16;9-6-8-7-4-2-1-3-5-7/h2-5,8H,1H3,(H,13,14)(H,15,16);1-5H. The molecule has 0 radical (unpaired) electrons. The highest BCUT2D eigenvalue weighted by molar-refractivity contribution is 5.91. The number of aliphatic imine (C=N–C) groups is 1. The lowest BCUT2D eigenvalue weighted by atomic mass is 9.70. The summed E-state index contributed by atoms with van der Waals surface area (Å²) >= 11 is 0. The summed E-state index contributed by atoms with van der Waals surface area (Å²) in [5, 5.41) is 17.6. The van der Waals surface area contributed by atoms with Crippen molar-refractivity contribution < 1.29 is 33.4 Å². The Morgan fingerprint density at radius 2 is 1.84 bits per heavy atom. The van der Waals surface area contributed by atoms with E-state index in [1.54, 1.807) is 12.1 Å². The fourth-order valence-electron chi connectivity index (χ4n) is 2.28. The molecule has 0 saturated heterocycles. The third-order valence-electron chi connectivity index (χ3n) is 3.74. The lowest BCUT2D eigenvalue weighted by molar-refractivity contribution is -0.158. The average Bonchev–Trinajstić information content (AvgIpc) is 2.56. The number of benzene rings is 1. The summed E-state index contributed by atoms with van der Waals surface area (Å²) in [6, 6.07) is 8.98. The first-order valence-corrected chi connectivity index (χ1v) is 7.04. The van der Waals surface area contributed by atoms with E-state index in [1.807, 2.05) is 18.2 Å². The Bertz CT molecular complexity index is 739. The minimum Gasteiger partial charge on any atom is -0.480 e. The number of hydrogen-bond donors (Lipinski definition) is 2. The third kappa shape index (κ3) is 4.45. The van der Waals surface area contributed by atoms with E-state index in [1.165, 1.54) is 13.0 Å². The Morgan fingerprint density at radius 1 is 1.24 bits per heavy atom. The molecule has 0 aromatic heterocycles. The van der Waals surface area contributed by atoms with Gasteiger partial charge in [-0.3, -0.25) is 4.79 Å². The molecule has 8 heteroatoms. The first-order chi connectivity index (χ1) is 11.8. The molecular weight excluding hydrogens is 336 g/mol. The van der Waals surface area contributed by atoms with Gasteiger partial charge in [-0.15, -0.1) is 0 Å². The first-order valence-electron chi connectivity index (χ1n) is 7.04. The van der Waals surface area contributed by atoms with E-state index in [-0.39, 0.29) is 5.57 Å². The molecule has 2 N–H and O–H groups in total. The number of carbonyl (C=O) groups excluding carboxylic acids is 1. The predicted molar refractivity (Wildman–Crippen MR) is 84.3 cm³/mol. The van der Waals surface area contributed by atoms with Crippen molar-refractivity contribution in [2.75, 3.05) is 0 Å². The highest BCUT2D eigenvalue weighted by Crippen LogP contribution is 2.42. The number of aliphatic carboxylic acids is 2. The molecule has 132 valence electrons. The van der Waals surface area contributed by atoms with Gasteiger partial charge in [0.15, 0.2) is 5.41 Å². The number of alkyl halides is 2. The van der Waals surface area contributed by atoms with Crippen molar-refractivity contribution >= 4 is 23.7 Å². The van der Waals surface area contributed by atoms with Crippen LogP contribution in [0.5, 0.6) is 0 Å². The number of para-hydroxylation sites is 1. The molecule has 1 aromatic carbocycles. The van der Waals surface area contributed by atoms with Gasteiger partial charge in [0.2, 0.25) is 6.08 Å². The number of hydrogen-bond acceptors (Lipinski definition) is 4. The van der Waals surface area contributed by atoms with E-state index < -0.39 is 29.7 Å². The molecule has 25 heavy (non-hydrogen) atoms. The van der Waals surface area contributed by atoms with E-state index in [4.69, 9.17) is 10.2 Å². The van der Waals surface area contributed by atoms with Gasteiger partial charge < -0.3 is 10.2 Å².